The first-order chi connectivity index (χ1) is 14.5. The second kappa shape index (κ2) is 7.46. The normalized spacial score (nSPS) is 24.3. The minimum atomic E-state index is -4.48. The zero-order valence-electron chi connectivity index (χ0n) is 16.1. The highest BCUT2D eigenvalue weighted by molar-refractivity contribution is 5.88. The van der Waals surface area contributed by atoms with Crippen molar-refractivity contribution >= 4 is 16.9 Å². The number of aromatic nitrogens is 3. The maximum atomic E-state index is 13.2. The van der Waals surface area contributed by atoms with Gasteiger partial charge in [-0.05, 0) is 30.9 Å². The molecule has 0 spiro atoms. The van der Waals surface area contributed by atoms with Crippen LogP contribution in [0.4, 0.5) is 19.0 Å². The number of H-pyrrole nitrogens is 1. The first-order valence-electron chi connectivity index (χ1n) is 9.97. The molecule has 0 saturated carbocycles. The van der Waals surface area contributed by atoms with Crippen LogP contribution in [0.1, 0.15) is 30.1 Å². The van der Waals surface area contributed by atoms with Gasteiger partial charge in [-0.25, -0.2) is 9.97 Å². The number of ether oxygens (including phenoxy) is 2. The van der Waals surface area contributed by atoms with E-state index in [1.165, 1.54) is 6.33 Å². The lowest BCUT2D eigenvalue weighted by Crippen LogP contribution is -2.39. The van der Waals surface area contributed by atoms with Gasteiger partial charge >= 0.3 is 6.18 Å². The molecular formula is C21H21F3N4O2. The van der Waals surface area contributed by atoms with E-state index >= 15 is 0 Å². The molecule has 0 amide bonds. The van der Waals surface area contributed by atoms with Crippen LogP contribution in [0.25, 0.3) is 11.0 Å². The Bertz CT molecular complexity index is 1050. The molecule has 2 N–H and O–H groups in total. The molecule has 9 heteroatoms. The van der Waals surface area contributed by atoms with Crippen LogP contribution in [0.5, 0.6) is 5.75 Å². The number of para-hydroxylation sites is 1. The van der Waals surface area contributed by atoms with Gasteiger partial charge in [-0.2, -0.15) is 13.2 Å². The van der Waals surface area contributed by atoms with Gasteiger partial charge in [-0.15, -0.1) is 0 Å². The summed E-state index contributed by atoms with van der Waals surface area (Å²) in [6.07, 6.45) is -1.20. The number of hydrogen-bond donors (Lipinski definition) is 2. The van der Waals surface area contributed by atoms with E-state index in [1.807, 2.05) is 24.3 Å². The molecule has 158 valence electrons. The van der Waals surface area contributed by atoms with Gasteiger partial charge in [0.05, 0.1) is 18.0 Å². The van der Waals surface area contributed by atoms with Gasteiger partial charge in [0.2, 0.25) is 0 Å². The molecule has 0 bridgehead atoms. The lowest BCUT2D eigenvalue weighted by molar-refractivity contribution is -0.140. The van der Waals surface area contributed by atoms with Crippen LogP contribution in [-0.4, -0.2) is 34.8 Å². The molecule has 30 heavy (non-hydrogen) atoms. The minimum Gasteiger partial charge on any atom is -0.493 e. The van der Waals surface area contributed by atoms with Crippen LogP contribution >= 0.6 is 0 Å². The summed E-state index contributed by atoms with van der Waals surface area (Å²) in [5.74, 6) is 1.54. The van der Waals surface area contributed by atoms with Crippen LogP contribution in [0.15, 0.2) is 36.7 Å². The molecule has 0 aliphatic carbocycles. The number of nitrogens with zero attached hydrogens (tertiary/aromatic N) is 2. The first kappa shape index (κ1) is 19.2. The largest absolute Gasteiger partial charge is 0.493 e. The number of nitrogens with one attached hydrogen (secondary N) is 2. The Morgan fingerprint density at radius 2 is 2.00 bits per heavy atom. The first-order valence-corrected chi connectivity index (χ1v) is 9.97. The van der Waals surface area contributed by atoms with E-state index in [0.29, 0.717) is 30.3 Å². The van der Waals surface area contributed by atoms with E-state index in [9.17, 15) is 13.2 Å². The Labute approximate surface area is 170 Å². The zero-order valence-corrected chi connectivity index (χ0v) is 16.1. The van der Waals surface area contributed by atoms with Crippen molar-refractivity contribution < 1.29 is 22.6 Å². The summed E-state index contributed by atoms with van der Waals surface area (Å²) >= 11 is 0. The van der Waals surface area contributed by atoms with Gasteiger partial charge in [0.15, 0.2) is 0 Å². The quantitative estimate of drug-likeness (QED) is 0.652. The van der Waals surface area contributed by atoms with Gasteiger partial charge < -0.3 is 19.8 Å². The summed E-state index contributed by atoms with van der Waals surface area (Å²) < 4.78 is 51.3. The molecule has 3 atom stereocenters. The molecule has 2 aliphatic rings. The average molecular weight is 418 g/mol. The molecule has 5 rings (SSSR count). The van der Waals surface area contributed by atoms with Gasteiger partial charge in [0.1, 0.15) is 29.2 Å². The summed E-state index contributed by atoms with van der Waals surface area (Å²) in [6.45, 7) is 1.92. The molecule has 2 aliphatic heterocycles. The lowest BCUT2D eigenvalue weighted by Gasteiger charge is -2.40. The summed E-state index contributed by atoms with van der Waals surface area (Å²) in [4.78, 5) is 10.6. The number of hydrogen-bond acceptors (Lipinski definition) is 5. The Kier molecular flexibility index (Phi) is 4.77. The average Bonchev–Trinajstić information content (AvgIpc) is 3.21. The fraction of sp³-hybridized carbons (Fsp3) is 0.429. The van der Waals surface area contributed by atoms with Crippen molar-refractivity contribution in [2.75, 3.05) is 25.1 Å². The highest BCUT2D eigenvalue weighted by Crippen LogP contribution is 2.43. The van der Waals surface area contributed by atoms with E-state index in [1.54, 1.807) is 0 Å². The van der Waals surface area contributed by atoms with Crippen molar-refractivity contribution in [3.63, 3.8) is 0 Å². The third-order valence-electron chi connectivity index (χ3n) is 5.94. The number of fused-ring (bicyclic) bond motifs is 2. The second-order valence-electron chi connectivity index (χ2n) is 7.78. The third-order valence-corrected chi connectivity index (χ3v) is 5.94. The van der Waals surface area contributed by atoms with Crippen LogP contribution in [0.2, 0.25) is 0 Å². The smallest absolute Gasteiger partial charge is 0.431 e. The summed E-state index contributed by atoms with van der Waals surface area (Å²) in [5.41, 5.74) is 0.279. The number of halogens is 3. The molecule has 1 aromatic carbocycles. The van der Waals surface area contributed by atoms with E-state index in [2.05, 4.69) is 20.3 Å². The Balaban J connectivity index is 1.54. The Morgan fingerprint density at radius 1 is 1.13 bits per heavy atom. The van der Waals surface area contributed by atoms with E-state index < -0.39 is 11.9 Å². The van der Waals surface area contributed by atoms with Crippen LogP contribution in [0.3, 0.4) is 0 Å². The fourth-order valence-corrected chi connectivity index (χ4v) is 4.43. The van der Waals surface area contributed by atoms with Crippen LogP contribution in [-0.2, 0) is 10.9 Å². The van der Waals surface area contributed by atoms with Crippen molar-refractivity contribution in [2.45, 2.75) is 25.1 Å². The van der Waals surface area contributed by atoms with E-state index in [4.69, 9.17) is 9.47 Å². The van der Waals surface area contributed by atoms with Crippen molar-refractivity contribution in [1.82, 2.24) is 15.0 Å². The fourth-order valence-electron chi connectivity index (χ4n) is 4.43. The number of alkyl halides is 3. The summed E-state index contributed by atoms with van der Waals surface area (Å²) in [6, 6.07) is 8.63. The number of rotatable bonds is 3. The predicted molar refractivity (Wildman–Crippen MR) is 104 cm³/mol. The maximum absolute atomic E-state index is 13.2. The van der Waals surface area contributed by atoms with Crippen molar-refractivity contribution in [2.24, 2.45) is 11.8 Å². The molecule has 6 nitrogen and oxygen atoms in total. The van der Waals surface area contributed by atoms with Gasteiger partial charge in [-0.1, -0.05) is 18.2 Å². The third kappa shape index (κ3) is 3.47. The summed E-state index contributed by atoms with van der Waals surface area (Å²) in [7, 11) is 0. The topological polar surface area (TPSA) is 72.1 Å². The molecule has 1 saturated heterocycles. The van der Waals surface area contributed by atoms with Crippen molar-refractivity contribution in [3.05, 3.63) is 47.9 Å². The lowest BCUT2D eigenvalue weighted by atomic mass is 9.79. The number of anilines is 1. The molecule has 0 radical (unpaired) electrons. The predicted octanol–water partition coefficient (Wildman–Crippen LogP) is 4.57. The zero-order chi connectivity index (χ0) is 20.7. The molecule has 3 aromatic rings. The minimum absolute atomic E-state index is 0.103. The van der Waals surface area contributed by atoms with E-state index in [0.717, 1.165) is 36.8 Å². The number of benzene rings is 1. The molecular weight excluding hydrogens is 397 g/mol. The van der Waals surface area contributed by atoms with Gasteiger partial charge in [0.25, 0.3) is 0 Å². The SMILES string of the molecule is FC(F)(F)c1cc2c(N[C@H]3c4ccccc4OC[C@H]3C3CCCOC3)ncnc2[nH]1. The van der Waals surface area contributed by atoms with Gasteiger partial charge in [0, 0.05) is 24.7 Å². The van der Waals surface area contributed by atoms with Crippen LogP contribution < -0.4 is 10.1 Å². The molecule has 2 aromatic heterocycles. The highest BCUT2D eigenvalue weighted by Gasteiger charge is 2.38. The van der Waals surface area contributed by atoms with Crippen molar-refractivity contribution in [3.8, 4) is 5.75 Å². The summed E-state index contributed by atoms with van der Waals surface area (Å²) in [5, 5.41) is 3.73. The van der Waals surface area contributed by atoms with Crippen molar-refractivity contribution in [1.29, 1.82) is 0 Å². The second-order valence-corrected chi connectivity index (χ2v) is 7.78. The molecule has 1 fully saturated rings. The van der Waals surface area contributed by atoms with Gasteiger partial charge in [-0.3, -0.25) is 0 Å². The standard InChI is InChI=1S/C21H21F3N4O2/c22-21(23,24)17-8-14-19(27-17)25-11-26-20(14)28-18-13-5-1-2-6-16(13)30-10-15(18)12-4-3-7-29-9-12/h1-2,5-6,8,11-12,15,18H,3-4,7,9-10H2,(H2,25,26,27,28)/t12?,15-,18-/m0/s1. The Morgan fingerprint density at radius 3 is 2.80 bits per heavy atom. The highest BCUT2D eigenvalue weighted by atomic mass is 19.4. The number of aromatic amines is 1. The maximum Gasteiger partial charge on any atom is 0.431 e. The monoisotopic (exact) mass is 418 g/mol. The molecule has 1 unspecified atom stereocenters. The Hall–Kier alpha value is -2.81. The van der Waals surface area contributed by atoms with E-state index in [-0.39, 0.29) is 17.6 Å². The van der Waals surface area contributed by atoms with Crippen LogP contribution in [0, 0.1) is 11.8 Å². The molecule has 4 heterocycles.